The SMILES string of the molecule is C/C=C(\C)C(=O)O[C@@H]1C2=C(C)C(=O)O[C@@]2(O)C[C@]2(C)O[C@@H]2CC[C@@]2(C)O[C@@H]12. The predicted molar refractivity (Wildman–Crippen MR) is 93.5 cm³/mol. The van der Waals surface area contributed by atoms with Gasteiger partial charge in [0.2, 0.25) is 5.79 Å². The van der Waals surface area contributed by atoms with Crippen LogP contribution in [0.2, 0.25) is 0 Å². The second-order valence-electron chi connectivity index (χ2n) is 8.50. The topological polar surface area (TPSA) is 97.9 Å². The molecule has 1 aliphatic carbocycles. The lowest BCUT2D eigenvalue weighted by Gasteiger charge is -2.31. The lowest BCUT2D eigenvalue weighted by molar-refractivity contribution is -0.192. The molecule has 3 fully saturated rings. The fourth-order valence-corrected chi connectivity index (χ4v) is 4.40. The molecule has 0 spiro atoms. The van der Waals surface area contributed by atoms with Crippen LogP contribution in [0.1, 0.15) is 53.9 Å². The van der Waals surface area contributed by atoms with Crippen molar-refractivity contribution in [1.29, 1.82) is 0 Å². The van der Waals surface area contributed by atoms with Gasteiger partial charge < -0.3 is 24.1 Å². The van der Waals surface area contributed by atoms with Gasteiger partial charge in [-0.1, -0.05) is 6.08 Å². The van der Waals surface area contributed by atoms with Crippen molar-refractivity contribution in [3.63, 3.8) is 0 Å². The molecule has 148 valence electrons. The zero-order valence-electron chi connectivity index (χ0n) is 16.3. The number of aliphatic hydroxyl groups is 1. The first kappa shape index (κ1) is 18.7. The quantitative estimate of drug-likeness (QED) is 0.445. The van der Waals surface area contributed by atoms with Crippen LogP contribution < -0.4 is 0 Å². The molecule has 0 aromatic heterocycles. The molecule has 3 heterocycles. The van der Waals surface area contributed by atoms with Crippen LogP contribution in [-0.4, -0.2) is 52.3 Å². The van der Waals surface area contributed by atoms with E-state index in [9.17, 15) is 14.7 Å². The Balaban J connectivity index is 1.77. The molecule has 27 heavy (non-hydrogen) atoms. The summed E-state index contributed by atoms with van der Waals surface area (Å²) in [6.45, 7) is 8.83. The maximum absolute atomic E-state index is 12.5. The van der Waals surface area contributed by atoms with E-state index >= 15 is 0 Å². The Morgan fingerprint density at radius 1 is 1.30 bits per heavy atom. The Bertz CT molecular complexity index is 783. The average molecular weight is 378 g/mol. The third kappa shape index (κ3) is 2.83. The van der Waals surface area contributed by atoms with Gasteiger partial charge in [0, 0.05) is 17.6 Å². The highest BCUT2D eigenvalue weighted by Crippen LogP contribution is 2.56. The molecule has 0 amide bonds. The number of ether oxygens (including phenoxy) is 4. The number of hydrogen-bond donors (Lipinski definition) is 1. The molecule has 0 radical (unpaired) electrons. The number of carbonyl (C=O) groups excluding carboxylic acids is 2. The normalized spacial score (nSPS) is 46.1. The zero-order valence-corrected chi connectivity index (χ0v) is 16.3. The molecule has 1 N–H and O–H groups in total. The third-order valence-electron chi connectivity index (χ3n) is 6.41. The summed E-state index contributed by atoms with van der Waals surface area (Å²) in [5.74, 6) is -2.99. The van der Waals surface area contributed by atoms with E-state index < -0.39 is 41.1 Å². The van der Waals surface area contributed by atoms with Crippen molar-refractivity contribution in [3.8, 4) is 0 Å². The van der Waals surface area contributed by atoms with Gasteiger partial charge in [0.1, 0.15) is 6.10 Å². The molecule has 7 nitrogen and oxygen atoms in total. The molecule has 4 rings (SSSR count). The van der Waals surface area contributed by atoms with Crippen LogP contribution in [0, 0.1) is 0 Å². The zero-order chi connectivity index (χ0) is 19.8. The minimum absolute atomic E-state index is 0.0200. The van der Waals surface area contributed by atoms with Crippen LogP contribution in [0.5, 0.6) is 0 Å². The van der Waals surface area contributed by atoms with Crippen LogP contribution in [0.15, 0.2) is 22.8 Å². The van der Waals surface area contributed by atoms with Crippen molar-refractivity contribution < 1.29 is 33.6 Å². The molecule has 3 aliphatic heterocycles. The molecule has 0 bridgehead atoms. The number of fused-ring (bicyclic) bond motifs is 3. The van der Waals surface area contributed by atoms with Gasteiger partial charge >= 0.3 is 11.9 Å². The van der Waals surface area contributed by atoms with E-state index in [1.807, 2.05) is 13.8 Å². The van der Waals surface area contributed by atoms with E-state index in [1.54, 1.807) is 26.8 Å². The highest BCUT2D eigenvalue weighted by Gasteiger charge is 2.68. The molecule has 2 saturated heterocycles. The van der Waals surface area contributed by atoms with Crippen molar-refractivity contribution in [3.05, 3.63) is 22.8 Å². The van der Waals surface area contributed by atoms with Crippen molar-refractivity contribution in [2.45, 2.75) is 89.2 Å². The second-order valence-corrected chi connectivity index (χ2v) is 8.50. The number of hydrogen-bond acceptors (Lipinski definition) is 7. The molecule has 0 aromatic rings. The van der Waals surface area contributed by atoms with Crippen LogP contribution >= 0.6 is 0 Å². The van der Waals surface area contributed by atoms with Gasteiger partial charge in [-0.2, -0.15) is 0 Å². The first-order chi connectivity index (χ1) is 12.5. The van der Waals surface area contributed by atoms with Crippen LogP contribution in [-0.2, 0) is 28.5 Å². The summed E-state index contributed by atoms with van der Waals surface area (Å²) in [6.07, 6.45) is 1.90. The summed E-state index contributed by atoms with van der Waals surface area (Å²) in [7, 11) is 0. The summed E-state index contributed by atoms with van der Waals surface area (Å²) < 4.78 is 22.9. The Kier molecular flexibility index (Phi) is 3.91. The summed E-state index contributed by atoms with van der Waals surface area (Å²) >= 11 is 0. The standard InChI is InChI=1S/C20H26O7/c1-6-10(2)16(21)24-14-13-11(3)17(22)27-20(13,23)9-19(5)12(25-19)7-8-18(4)15(14)26-18/h6,12,14-15,23H,7-9H2,1-5H3/b10-6+/t12-,14-,15+,18-,19+,20+/m1/s1. The first-order valence-corrected chi connectivity index (χ1v) is 9.39. The highest BCUT2D eigenvalue weighted by atomic mass is 16.7. The number of allylic oxidation sites excluding steroid dienone is 1. The molecule has 6 atom stereocenters. The summed E-state index contributed by atoms with van der Waals surface area (Å²) in [6, 6.07) is 0. The molecule has 0 unspecified atom stereocenters. The maximum atomic E-state index is 12.5. The second kappa shape index (κ2) is 5.65. The third-order valence-corrected chi connectivity index (χ3v) is 6.41. The minimum atomic E-state index is -1.87. The van der Waals surface area contributed by atoms with E-state index in [2.05, 4.69) is 0 Å². The lowest BCUT2D eigenvalue weighted by Crippen LogP contribution is -2.45. The highest BCUT2D eigenvalue weighted by molar-refractivity contribution is 5.93. The van der Waals surface area contributed by atoms with Crippen molar-refractivity contribution in [2.75, 3.05) is 0 Å². The average Bonchev–Trinajstić information content (AvgIpc) is 3.42. The fraction of sp³-hybridized carbons (Fsp3) is 0.700. The number of esters is 2. The van der Waals surface area contributed by atoms with E-state index in [-0.39, 0.29) is 23.7 Å². The lowest BCUT2D eigenvalue weighted by atomic mass is 9.82. The monoisotopic (exact) mass is 378 g/mol. The molecular formula is C20H26O7. The van der Waals surface area contributed by atoms with Gasteiger partial charge in [-0.25, -0.2) is 9.59 Å². The molecule has 1 saturated carbocycles. The smallest absolute Gasteiger partial charge is 0.336 e. The molecule has 4 aliphatic rings. The Morgan fingerprint density at radius 2 is 2.00 bits per heavy atom. The van der Waals surface area contributed by atoms with Crippen molar-refractivity contribution >= 4 is 11.9 Å². The minimum Gasteiger partial charge on any atom is -0.451 e. The summed E-state index contributed by atoms with van der Waals surface area (Å²) in [5, 5.41) is 11.3. The van der Waals surface area contributed by atoms with Gasteiger partial charge in [0.25, 0.3) is 0 Å². The van der Waals surface area contributed by atoms with E-state index in [1.165, 1.54) is 0 Å². The van der Waals surface area contributed by atoms with Crippen LogP contribution in [0.4, 0.5) is 0 Å². The first-order valence-electron chi connectivity index (χ1n) is 9.39. The van der Waals surface area contributed by atoms with Crippen molar-refractivity contribution in [1.82, 2.24) is 0 Å². The maximum Gasteiger partial charge on any atom is 0.336 e. The largest absolute Gasteiger partial charge is 0.451 e. The predicted octanol–water partition coefficient (Wildman–Crippen LogP) is 1.93. The molecular weight excluding hydrogens is 352 g/mol. The summed E-state index contributed by atoms with van der Waals surface area (Å²) in [4.78, 5) is 24.8. The van der Waals surface area contributed by atoms with E-state index in [4.69, 9.17) is 18.9 Å². The number of rotatable bonds is 2. The Labute approximate surface area is 158 Å². The molecule has 0 aromatic carbocycles. The van der Waals surface area contributed by atoms with Gasteiger partial charge in [-0.05, 0) is 47.5 Å². The van der Waals surface area contributed by atoms with Crippen LogP contribution in [0.3, 0.4) is 0 Å². The fourth-order valence-electron chi connectivity index (χ4n) is 4.40. The van der Waals surface area contributed by atoms with E-state index in [0.717, 1.165) is 12.8 Å². The number of carbonyl (C=O) groups is 2. The Hall–Kier alpha value is -1.70. The Morgan fingerprint density at radius 3 is 2.67 bits per heavy atom. The summed E-state index contributed by atoms with van der Waals surface area (Å²) in [5.41, 5.74) is -0.113. The van der Waals surface area contributed by atoms with E-state index in [0.29, 0.717) is 5.57 Å². The van der Waals surface area contributed by atoms with Gasteiger partial charge in [-0.15, -0.1) is 0 Å². The molecule has 7 heteroatoms. The van der Waals surface area contributed by atoms with Gasteiger partial charge in [-0.3, -0.25) is 0 Å². The number of epoxide rings is 2. The van der Waals surface area contributed by atoms with Crippen molar-refractivity contribution in [2.24, 2.45) is 0 Å². The van der Waals surface area contributed by atoms with Crippen LogP contribution in [0.25, 0.3) is 0 Å². The van der Waals surface area contributed by atoms with Gasteiger partial charge in [0.05, 0.1) is 22.9 Å². The van der Waals surface area contributed by atoms with Gasteiger partial charge in [0.15, 0.2) is 6.10 Å².